The van der Waals surface area contributed by atoms with E-state index in [9.17, 15) is 0 Å². The van der Waals surface area contributed by atoms with Crippen molar-refractivity contribution in [2.45, 2.75) is 45.1 Å². The maximum atomic E-state index is 8.55. The third kappa shape index (κ3) is 2.57. The Balaban J connectivity index is 2.01. The van der Waals surface area contributed by atoms with Crippen molar-refractivity contribution >= 4 is 5.84 Å². The number of nitrogens with two attached hydrogens (primary N) is 1. The van der Waals surface area contributed by atoms with Crippen molar-refractivity contribution < 1.29 is 5.21 Å². The summed E-state index contributed by atoms with van der Waals surface area (Å²) in [6, 6.07) is 0.408. The van der Waals surface area contributed by atoms with E-state index in [1.807, 2.05) is 4.68 Å². The molecular formula is C11H19N5O. The summed E-state index contributed by atoms with van der Waals surface area (Å²) in [5.41, 5.74) is 5.44. The molecule has 0 aromatic carbocycles. The molecular weight excluding hydrogens is 218 g/mol. The SMILES string of the molecule is CCC1CCC(n2cnc(C(N)=NO)n2)CC1. The lowest BCUT2D eigenvalue weighted by Gasteiger charge is -2.27. The van der Waals surface area contributed by atoms with Gasteiger partial charge in [-0.2, -0.15) is 0 Å². The third-order valence-electron chi connectivity index (χ3n) is 3.61. The summed E-state index contributed by atoms with van der Waals surface area (Å²) in [7, 11) is 0. The zero-order valence-electron chi connectivity index (χ0n) is 10.1. The van der Waals surface area contributed by atoms with Gasteiger partial charge in [-0.1, -0.05) is 18.5 Å². The minimum atomic E-state index is -0.0361. The zero-order valence-corrected chi connectivity index (χ0v) is 10.1. The van der Waals surface area contributed by atoms with Crippen LogP contribution in [0.4, 0.5) is 0 Å². The van der Waals surface area contributed by atoms with Crippen molar-refractivity contribution in [3.63, 3.8) is 0 Å². The van der Waals surface area contributed by atoms with Gasteiger partial charge in [-0.25, -0.2) is 9.67 Å². The first-order chi connectivity index (χ1) is 8.24. The van der Waals surface area contributed by atoms with Gasteiger partial charge in [0.25, 0.3) is 0 Å². The Morgan fingerprint density at radius 2 is 2.24 bits per heavy atom. The molecule has 0 atom stereocenters. The summed E-state index contributed by atoms with van der Waals surface area (Å²) < 4.78 is 1.85. The quantitative estimate of drug-likeness (QED) is 0.361. The Hall–Kier alpha value is -1.59. The number of amidine groups is 1. The zero-order chi connectivity index (χ0) is 12.3. The van der Waals surface area contributed by atoms with Crippen LogP contribution in [0.5, 0.6) is 0 Å². The summed E-state index contributed by atoms with van der Waals surface area (Å²) in [6.45, 7) is 2.25. The Morgan fingerprint density at radius 3 is 2.82 bits per heavy atom. The molecule has 17 heavy (non-hydrogen) atoms. The lowest BCUT2D eigenvalue weighted by molar-refractivity contribution is 0.256. The fourth-order valence-corrected chi connectivity index (χ4v) is 2.43. The molecule has 1 aromatic rings. The van der Waals surface area contributed by atoms with Gasteiger partial charge in [0.2, 0.25) is 11.7 Å². The van der Waals surface area contributed by atoms with Gasteiger partial charge < -0.3 is 10.9 Å². The van der Waals surface area contributed by atoms with Crippen molar-refractivity contribution in [1.82, 2.24) is 14.8 Å². The molecule has 1 aliphatic rings. The van der Waals surface area contributed by atoms with Gasteiger partial charge in [-0.15, -0.1) is 5.10 Å². The minimum absolute atomic E-state index is 0.0361. The van der Waals surface area contributed by atoms with Crippen LogP contribution in [0.15, 0.2) is 11.5 Å². The van der Waals surface area contributed by atoms with Crippen LogP contribution in [0.25, 0.3) is 0 Å². The molecule has 0 amide bonds. The predicted octanol–water partition coefficient (Wildman–Crippen LogP) is 1.51. The van der Waals surface area contributed by atoms with Crippen molar-refractivity contribution in [3.05, 3.63) is 12.2 Å². The predicted molar refractivity (Wildman–Crippen MR) is 63.8 cm³/mol. The molecule has 1 aliphatic carbocycles. The first-order valence-corrected chi connectivity index (χ1v) is 6.13. The van der Waals surface area contributed by atoms with E-state index in [-0.39, 0.29) is 5.84 Å². The highest BCUT2D eigenvalue weighted by Crippen LogP contribution is 2.32. The largest absolute Gasteiger partial charge is 0.409 e. The van der Waals surface area contributed by atoms with Gasteiger partial charge in [0.05, 0.1) is 6.04 Å². The topological polar surface area (TPSA) is 89.3 Å². The maximum Gasteiger partial charge on any atom is 0.219 e. The molecule has 0 bridgehead atoms. The van der Waals surface area contributed by atoms with E-state index in [4.69, 9.17) is 10.9 Å². The van der Waals surface area contributed by atoms with Crippen LogP contribution in [0.3, 0.4) is 0 Å². The Bertz CT molecular complexity index is 392. The molecule has 1 heterocycles. The normalized spacial score (nSPS) is 26.1. The van der Waals surface area contributed by atoms with Gasteiger partial charge in [0.15, 0.2) is 0 Å². The average molecular weight is 237 g/mol. The minimum Gasteiger partial charge on any atom is -0.409 e. The molecule has 94 valence electrons. The number of hydrogen-bond donors (Lipinski definition) is 2. The van der Waals surface area contributed by atoms with E-state index in [1.165, 1.54) is 19.3 Å². The van der Waals surface area contributed by atoms with Crippen molar-refractivity contribution in [2.24, 2.45) is 16.8 Å². The number of nitrogens with zero attached hydrogens (tertiary/aromatic N) is 4. The van der Waals surface area contributed by atoms with Crippen molar-refractivity contribution in [1.29, 1.82) is 0 Å². The molecule has 6 nitrogen and oxygen atoms in total. The van der Waals surface area contributed by atoms with Gasteiger partial charge in [-0.3, -0.25) is 0 Å². The van der Waals surface area contributed by atoms with Crippen LogP contribution in [0, 0.1) is 5.92 Å². The second kappa shape index (κ2) is 5.16. The van der Waals surface area contributed by atoms with E-state index >= 15 is 0 Å². The Kier molecular flexibility index (Phi) is 3.61. The number of aromatic nitrogens is 3. The van der Waals surface area contributed by atoms with Gasteiger partial charge >= 0.3 is 0 Å². The standard InChI is InChI=1S/C11H19N5O/c1-2-8-3-5-9(6-4-8)16-7-13-11(14-16)10(12)15-17/h7-9,17H,2-6H2,1H3,(H2,12,15). The molecule has 1 saturated carbocycles. The number of hydrogen-bond acceptors (Lipinski definition) is 4. The molecule has 0 saturated heterocycles. The lowest BCUT2D eigenvalue weighted by Crippen LogP contribution is -2.20. The second-order valence-corrected chi connectivity index (χ2v) is 4.62. The first-order valence-electron chi connectivity index (χ1n) is 6.13. The van der Waals surface area contributed by atoms with Gasteiger partial charge in [0.1, 0.15) is 6.33 Å². The molecule has 6 heteroatoms. The summed E-state index contributed by atoms with van der Waals surface area (Å²) in [5, 5.41) is 15.7. The van der Waals surface area contributed by atoms with Crippen molar-refractivity contribution in [3.8, 4) is 0 Å². The van der Waals surface area contributed by atoms with E-state index in [2.05, 4.69) is 22.2 Å². The average Bonchev–Trinajstić information content (AvgIpc) is 2.87. The fourth-order valence-electron chi connectivity index (χ4n) is 2.43. The monoisotopic (exact) mass is 237 g/mol. The highest BCUT2D eigenvalue weighted by Gasteiger charge is 2.22. The van der Waals surface area contributed by atoms with Crippen LogP contribution < -0.4 is 5.73 Å². The summed E-state index contributed by atoms with van der Waals surface area (Å²) in [5.74, 6) is 1.12. The van der Waals surface area contributed by atoms with Crippen LogP contribution >= 0.6 is 0 Å². The van der Waals surface area contributed by atoms with Gasteiger partial charge in [0, 0.05) is 0 Å². The maximum absolute atomic E-state index is 8.55. The Labute approximate surface area is 101 Å². The molecule has 1 fully saturated rings. The van der Waals surface area contributed by atoms with E-state index in [0.29, 0.717) is 11.9 Å². The van der Waals surface area contributed by atoms with Gasteiger partial charge in [-0.05, 0) is 31.6 Å². The molecule has 2 rings (SSSR count). The molecule has 1 aromatic heterocycles. The molecule has 0 unspecified atom stereocenters. The highest BCUT2D eigenvalue weighted by atomic mass is 16.4. The molecule has 0 radical (unpaired) electrons. The molecule has 0 aliphatic heterocycles. The third-order valence-corrected chi connectivity index (χ3v) is 3.61. The van der Waals surface area contributed by atoms with Crippen LogP contribution in [0.2, 0.25) is 0 Å². The lowest BCUT2D eigenvalue weighted by atomic mass is 9.85. The summed E-state index contributed by atoms with van der Waals surface area (Å²) in [6.07, 6.45) is 7.71. The highest BCUT2D eigenvalue weighted by molar-refractivity contribution is 5.93. The first kappa shape index (κ1) is 11.9. The van der Waals surface area contributed by atoms with Crippen LogP contribution in [0.1, 0.15) is 50.9 Å². The van der Waals surface area contributed by atoms with Crippen molar-refractivity contribution in [2.75, 3.05) is 0 Å². The van der Waals surface area contributed by atoms with Crippen LogP contribution in [-0.2, 0) is 0 Å². The smallest absolute Gasteiger partial charge is 0.219 e. The summed E-state index contributed by atoms with van der Waals surface area (Å²) >= 11 is 0. The fraction of sp³-hybridized carbons (Fsp3) is 0.727. The number of oxime groups is 1. The van der Waals surface area contributed by atoms with E-state index in [1.54, 1.807) is 6.33 Å². The molecule has 0 spiro atoms. The number of rotatable bonds is 3. The van der Waals surface area contributed by atoms with E-state index in [0.717, 1.165) is 18.8 Å². The second-order valence-electron chi connectivity index (χ2n) is 4.62. The Morgan fingerprint density at radius 1 is 1.53 bits per heavy atom. The molecule has 3 N–H and O–H groups in total. The van der Waals surface area contributed by atoms with E-state index < -0.39 is 0 Å². The van der Waals surface area contributed by atoms with Crippen LogP contribution in [-0.4, -0.2) is 25.8 Å². The summed E-state index contributed by atoms with van der Waals surface area (Å²) in [4.78, 5) is 4.04.